The fourth-order valence-corrected chi connectivity index (χ4v) is 6.39. The highest BCUT2D eigenvalue weighted by Gasteiger charge is 2.44. The van der Waals surface area contributed by atoms with Crippen molar-refractivity contribution in [3.05, 3.63) is 41.5 Å². The molecule has 168 valence electrons. The van der Waals surface area contributed by atoms with Crippen LogP contribution in [0.15, 0.2) is 35.2 Å². The largest absolute Gasteiger partial charge is 0.497 e. The standard InChI is InChI=1S/C24H26N2O5S/c1-30-15-4-5-16(18(12-15)23(27)31-2)14-10-17-19-13-25(24(28)29)8-6-20(19)26-7-3-9-32-21(11-14)22(17)26/h4-5,10-12,19-20H,3,6-9,13H2,1-2H3,(H,28,29)/t19-,20-/m0/s1. The molecule has 0 radical (unpaired) electrons. The van der Waals surface area contributed by atoms with Crippen molar-refractivity contribution in [3.8, 4) is 16.9 Å². The molecule has 0 unspecified atom stereocenters. The summed E-state index contributed by atoms with van der Waals surface area (Å²) >= 11 is 1.84. The Bertz CT molecular complexity index is 1090. The molecule has 1 saturated heterocycles. The highest BCUT2D eigenvalue weighted by Crippen LogP contribution is 2.52. The van der Waals surface area contributed by atoms with Crippen LogP contribution in [0.3, 0.4) is 0 Å². The fraction of sp³-hybridized carbons (Fsp3) is 0.417. The van der Waals surface area contributed by atoms with E-state index >= 15 is 0 Å². The maximum Gasteiger partial charge on any atom is 0.407 e. The van der Waals surface area contributed by atoms with E-state index < -0.39 is 12.1 Å². The summed E-state index contributed by atoms with van der Waals surface area (Å²) < 4.78 is 10.4. The lowest BCUT2D eigenvalue weighted by molar-refractivity contribution is 0.0601. The molecule has 0 aromatic heterocycles. The second-order valence-electron chi connectivity index (χ2n) is 8.40. The maximum absolute atomic E-state index is 12.6. The van der Waals surface area contributed by atoms with E-state index in [-0.39, 0.29) is 5.92 Å². The quantitative estimate of drug-likeness (QED) is 0.693. The average molecular weight is 455 g/mol. The van der Waals surface area contributed by atoms with Crippen LogP contribution in [0.25, 0.3) is 11.1 Å². The summed E-state index contributed by atoms with van der Waals surface area (Å²) in [5.41, 5.74) is 4.65. The predicted molar refractivity (Wildman–Crippen MR) is 123 cm³/mol. The van der Waals surface area contributed by atoms with E-state index in [1.54, 1.807) is 13.2 Å². The van der Waals surface area contributed by atoms with Crippen molar-refractivity contribution < 1.29 is 24.2 Å². The number of carbonyl (C=O) groups is 2. The van der Waals surface area contributed by atoms with Gasteiger partial charge in [-0.3, -0.25) is 0 Å². The smallest absolute Gasteiger partial charge is 0.407 e. The van der Waals surface area contributed by atoms with Crippen LogP contribution in [0.5, 0.6) is 5.75 Å². The number of rotatable bonds is 3. The topological polar surface area (TPSA) is 79.3 Å². The highest BCUT2D eigenvalue weighted by molar-refractivity contribution is 7.99. The number of methoxy groups -OCH3 is 2. The Morgan fingerprint density at radius 2 is 2.00 bits per heavy atom. The summed E-state index contributed by atoms with van der Waals surface area (Å²) in [5.74, 6) is 1.36. The molecule has 2 atom stereocenters. The van der Waals surface area contributed by atoms with Crippen LogP contribution < -0.4 is 9.64 Å². The van der Waals surface area contributed by atoms with Crippen LogP contribution in [-0.2, 0) is 4.74 Å². The zero-order chi connectivity index (χ0) is 22.4. The first kappa shape index (κ1) is 21.0. The second-order valence-corrected chi connectivity index (χ2v) is 9.54. The number of likely N-dealkylation sites (tertiary alicyclic amines) is 1. The molecule has 0 aliphatic carbocycles. The lowest BCUT2D eigenvalue weighted by Crippen LogP contribution is -2.48. The van der Waals surface area contributed by atoms with Gasteiger partial charge in [-0.2, -0.15) is 0 Å². The van der Waals surface area contributed by atoms with Gasteiger partial charge in [-0.25, -0.2) is 9.59 Å². The van der Waals surface area contributed by atoms with Crippen molar-refractivity contribution in [1.82, 2.24) is 4.90 Å². The number of carboxylic acid groups (broad SMARTS) is 1. The Kier molecular flexibility index (Phi) is 5.41. The van der Waals surface area contributed by atoms with Gasteiger partial charge in [0.1, 0.15) is 5.75 Å². The fourth-order valence-electron chi connectivity index (χ4n) is 5.32. The minimum Gasteiger partial charge on any atom is -0.497 e. The number of amides is 1. The molecule has 2 aromatic carbocycles. The highest BCUT2D eigenvalue weighted by atomic mass is 32.2. The van der Waals surface area contributed by atoms with Crippen LogP contribution in [-0.4, -0.2) is 67.7 Å². The molecule has 2 aromatic rings. The second kappa shape index (κ2) is 8.24. The van der Waals surface area contributed by atoms with E-state index in [2.05, 4.69) is 17.0 Å². The molecule has 3 aliphatic heterocycles. The first-order valence-electron chi connectivity index (χ1n) is 10.8. The third-order valence-electron chi connectivity index (χ3n) is 6.78. The number of hydrogen-bond acceptors (Lipinski definition) is 6. The molecule has 3 aliphatic rings. The van der Waals surface area contributed by atoms with Crippen LogP contribution in [0.4, 0.5) is 10.5 Å². The predicted octanol–water partition coefficient (Wildman–Crippen LogP) is 4.30. The van der Waals surface area contributed by atoms with Gasteiger partial charge in [0.15, 0.2) is 0 Å². The third kappa shape index (κ3) is 3.37. The van der Waals surface area contributed by atoms with Gasteiger partial charge < -0.3 is 24.4 Å². The molecule has 3 heterocycles. The number of benzene rings is 2. The Morgan fingerprint density at radius 1 is 1.16 bits per heavy atom. The van der Waals surface area contributed by atoms with Crippen molar-refractivity contribution in [3.63, 3.8) is 0 Å². The number of piperidine rings is 1. The van der Waals surface area contributed by atoms with E-state index in [4.69, 9.17) is 9.47 Å². The Hall–Kier alpha value is -2.87. The molecule has 0 bridgehead atoms. The molecular formula is C24H26N2O5S. The Morgan fingerprint density at radius 3 is 2.75 bits per heavy atom. The van der Waals surface area contributed by atoms with Crippen LogP contribution in [0.2, 0.25) is 0 Å². The van der Waals surface area contributed by atoms with Gasteiger partial charge in [0.25, 0.3) is 0 Å². The minimum atomic E-state index is -0.857. The summed E-state index contributed by atoms with van der Waals surface area (Å²) in [6.07, 6.45) is 1.07. The van der Waals surface area contributed by atoms with E-state index in [0.717, 1.165) is 36.3 Å². The maximum atomic E-state index is 12.6. The molecule has 1 N–H and O–H groups in total. The van der Waals surface area contributed by atoms with E-state index in [1.165, 1.54) is 28.2 Å². The summed E-state index contributed by atoms with van der Waals surface area (Å²) in [7, 11) is 2.95. The lowest BCUT2D eigenvalue weighted by atomic mass is 9.87. The van der Waals surface area contributed by atoms with Gasteiger partial charge in [0.2, 0.25) is 0 Å². The first-order valence-corrected chi connectivity index (χ1v) is 11.8. The normalized spacial score (nSPS) is 21.4. The van der Waals surface area contributed by atoms with Crippen molar-refractivity contribution in [1.29, 1.82) is 0 Å². The van der Waals surface area contributed by atoms with Crippen molar-refractivity contribution in [2.45, 2.75) is 29.7 Å². The van der Waals surface area contributed by atoms with Gasteiger partial charge in [-0.15, -0.1) is 11.8 Å². The molecule has 32 heavy (non-hydrogen) atoms. The molecule has 1 fully saturated rings. The van der Waals surface area contributed by atoms with E-state index in [1.807, 2.05) is 23.9 Å². The zero-order valence-electron chi connectivity index (χ0n) is 18.2. The van der Waals surface area contributed by atoms with Crippen molar-refractivity contribution in [2.24, 2.45) is 0 Å². The summed E-state index contributed by atoms with van der Waals surface area (Å²) in [6.45, 7) is 2.07. The number of hydrogen-bond donors (Lipinski definition) is 1. The summed E-state index contributed by atoms with van der Waals surface area (Å²) in [5, 5.41) is 9.59. The van der Waals surface area contributed by atoms with Gasteiger partial charge >= 0.3 is 12.1 Å². The number of fused-ring (bicyclic) bond motifs is 3. The van der Waals surface area contributed by atoms with Crippen LogP contribution in [0.1, 0.15) is 34.7 Å². The monoisotopic (exact) mass is 454 g/mol. The first-order chi connectivity index (χ1) is 15.5. The van der Waals surface area contributed by atoms with Crippen LogP contribution >= 0.6 is 11.8 Å². The number of nitrogens with zero attached hydrogens (tertiary/aromatic N) is 2. The Labute approximate surface area is 191 Å². The van der Waals surface area contributed by atoms with Gasteiger partial charge in [-0.1, -0.05) is 0 Å². The number of thioether (sulfide) groups is 1. The number of anilines is 1. The molecule has 0 saturated carbocycles. The van der Waals surface area contributed by atoms with Crippen molar-refractivity contribution in [2.75, 3.05) is 44.5 Å². The van der Waals surface area contributed by atoms with Crippen LogP contribution in [0, 0.1) is 0 Å². The molecule has 1 amide bonds. The van der Waals surface area contributed by atoms with Crippen molar-refractivity contribution >= 4 is 29.5 Å². The van der Waals surface area contributed by atoms with Gasteiger partial charge in [-0.05, 0) is 65.6 Å². The van der Waals surface area contributed by atoms with Gasteiger partial charge in [0.05, 0.1) is 25.5 Å². The molecule has 5 rings (SSSR count). The summed E-state index contributed by atoms with van der Waals surface area (Å²) in [4.78, 5) is 29.5. The SMILES string of the molecule is COC(=O)c1cc(OC)ccc1-c1cc2c3c(c1)[C@@H]1CN(C(=O)O)CC[C@@H]1N3CCCS2. The van der Waals surface area contributed by atoms with E-state index in [9.17, 15) is 14.7 Å². The summed E-state index contributed by atoms with van der Waals surface area (Å²) in [6, 6.07) is 10.1. The number of esters is 1. The van der Waals surface area contributed by atoms with Gasteiger partial charge in [0, 0.05) is 36.5 Å². The molecular weight excluding hydrogens is 428 g/mol. The molecule has 0 spiro atoms. The molecule has 7 nitrogen and oxygen atoms in total. The number of carbonyl (C=O) groups excluding carboxylic acids is 1. The lowest BCUT2D eigenvalue weighted by Gasteiger charge is -2.37. The van der Waals surface area contributed by atoms with E-state index in [0.29, 0.717) is 30.4 Å². The number of ether oxygens (including phenoxy) is 2. The third-order valence-corrected chi connectivity index (χ3v) is 7.90. The molecule has 8 heteroatoms. The zero-order valence-corrected chi connectivity index (χ0v) is 19.0. The average Bonchev–Trinajstić information content (AvgIpc) is 2.97. The Balaban J connectivity index is 1.66. The minimum absolute atomic E-state index is 0.132.